The van der Waals surface area contributed by atoms with E-state index in [1.165, 1.54) is 6.33 Å². The largest absolute Gasteiger partial charge is 0.495 e. The van der Waals surface area contributed by atoms with Gasteiger partial charge in [0.1, 0.15) is 17.2 Å². The van der Waals surface area contributed by atoms with Crippen LogP contribution in [0, 0.1) is 0 Å². The van der Waals surface area contributed by atoms with E-state index in [-0.39, 0.29) is 0 Å². The van der Waals surface area contributed by atoms with Gasteiger partial charge in [0.15, 0.2) is 0 Å². The van der Waals surface area contributed by atoms with Crippen LogP contribution in [0.5, 0.6) is 5.75 Å². The van der Waals surface area contributed by atoms with Gasteiger partial charge >= 0.3 is 0 Å². The molecule has 0 N–H and O–H groups in total. The third-order valence-electron chi connectivity index (χ3n) is 2.08. The second kappa shape index (κ2) is 4.68. The number of methoxy groups -OCH3 is 1. The van der Waals surface area contributed by atoms with Crippen LogP contribution < -0.4 is 4.74 Å². The van der Waals surface area contributed by atoms with Gasteiger partial charge in [0.25, 0.3) is 0 Å². The van der Waals surface area contributed by atoms with E-state index in [9.17, 15) is 0 Å². The van der Waals surface area contributed by atoms with Gasteiger partial charge in [-0.05, 0) is 18.2 Å². The molecule has 1 aromatic carbocycles. The topological polar surface area (TPSA) is 35.0 Å². The zero-order valence-electron chi connectivity index (χ0n) is 8.45. The second-order valence-corrected chi connectivity index (χ2v) is 3.87. The predicted molar refractivity (Wildman–Crippen MR) is 64.0 cm³/mol. The SMILES string of the molecule is COc1ccc(-c2cc(Cl)ncn2)cc1Cl. The summed E-state index contributed by atoms with van der Waals surface area (Å²) in [6.07, 6.45) is 1.41. The fraction of sp³-hybridized carbons (Fsp3) is 0.0909. The first-order valence-corrected chi connectivity index (χ1v) is 5.28. The summed E-state index contributed by atoms with van der Waals surface area (Å²) in [5.41, 5.74) is 1.60. The summed E-state index contributed by atoms with van der Waals surface area (Å²) in [6, 6.07) is 7.11. The molecular formula is C11H8Cl2N2O. The Kier molecular flexibility index (Phi) is 3.27. The first-order chi connectivity index (χ1) is 7.70. The summed E-state index contributed by atoms with van der Waals surface area (Å²) >= 11 is 11.8. The van der Waals surface area contributed by atoms with Gasteiger partial charge in [-0.25, -0.2) is 9.97 Å². The summed E-state index contributed by atoms with van der Waals surface area (Å²) in [4.78, 5) is 7.93. The van der Waals surface area contributed by atoms with Crippen molar-refractivity contribution in [3.8, 4) is 17.0 Å². The van der Waals surface area contributed by atoms with Crippen molar-refractivity contribution in [1.29, 1.82) is 0 Å². The lowest BCUT2D eigenvalue weighted by molar-refractivity contribution is 0.415. The standard InChI is InChI=1S/C11H8Cl2N2O/c1-16-10-3-2-7(4-8(10)12)9-5-11(13)15-6-14-9/h2-6H,1H3. The molecule has 0 fully saturated rings. The minimum absolute atomic E-state index is 0.400. The Bertz CT molecular complexity index is 517. The van der Waals surface area contributed by atoms with Crippen LogP contribution in [0.3, 0.4) is 0 Å². The summed E-state index contributed by atoms with van der Waals surface area (Å²) in [7, 11) is 1.57. The van der Waals surface area contributed by atoms with Crippen molar-refractivity contribution in [2.45, 2.75) is 0 Å². The van der Waals surface area contributed by atoms with Crippen LogP contribution in [0.25, 0.3) is 11.3 Å². The van der Waals surface area contributed by atoms with Gasteiger partial charge in [-0.15, -0.1) is 0 Å². The van der Waals surface area contributed by atoms with Crippen LogP contribution in [0.2, 0.25) is 10.2 Å². The second-order valence-electron chi connectivity index (χ2n) is 3.08. The third kappa shape index (κ3) is 2.26. The lowest BCUT2D eigenvalue weighted by Gasteiger charge is -2.05. The minimum Gasteiger partial charge on any atom is -0.495 e. The predicted octanol–water partition coefficient (Wildman–Crippen LogP) is 3.46. The monoisotopic (exact) mass is 254 g/mol. The van der Waals surface area contributed by atoms with E-state index >= 15 is 0 Å². The molecule has 0 saturated carbocycles. The lowest BCUT2D eigenvalue weighted by Crippen LogP contribution is -1.88. The first kappa shape index (κ1) is 11.2. The van der Waals surface area contributed by atoms with Gasteiger partial charge in [-0.1, -0.05) is 23.2 Å². The summed E-state index contributed by atoms with van der Waals surface area (Å²) in [5, 5.41) is 0.937. The Morgan fingerprint density at radius 3 is 2.56 bits per heavy atom. The number of ether oxygens (including phenoxy) is 1. The van der Waals surface area contributed by atoms with Crippen LogP contribution in [0.15, 0.2) is 30.6 Å². The molecule has 0 amide bonds. The van der Waals surface area contributed by atoms with Crippen LogP contribution >= 0.6 is 23.2 Å². The molecule has 1 aromatic heterocycles. The highest BCUT2D eigenvalue weighted by molar-refractivity contribution is 6.32. The fourth-order valence-electron chi connectivity index (χ4n) is 1.32. The highest BCUT2D eigenvalue weighted by atomic mass is 35.5. The van der Waals surface area contributed by atoms with Crippen molar-refractivity contribution in [2.75, 3.05) is 7.11 Å². The van der Waals surface area contributed by atoms with Crippen molar-refractivity contribution in [1.82, 2.24) is 9.97 Å². The molecule has 0 saturated heterocycles. The molecule has 1 heterocycles. The van der Waals surface area contributed by atoms with Gasteiger partial charge in [-0.3, -0.25) is 0 Å². The molecule has 0 bridgehead atoms. The number of benzene rings is 1. The molecule has 0 spiro atoms. The number of rotatable bonds is 2. The first-order valence-electron chi connectivity index (χ1n) is 4.52. The van der Waals surface area contributed by atoms with Crippen molar-refractivity contribution >= 4 is 23.2 Å². The Morgan fingerprint density at radius 1 is 1.12 bits per heavy atom. The van der Waals surface area contributed by atoms with Crippen molar-refractivity contribution in [3.63, 3.8) is 0 Å². The fourth-order valence-corrected chi connectivity index (χ4v) is 1.72. The molecule has 3 nitrogen and oxygen atoms in total. The van der Waals surface area contributed by atoms with Crippen LogP contribution in [-0.2, 0) is 0 Å². The van der Waals surface area contributed by atoms with E-state index in [4.69, 9.17) is 27.9 Å². The van der Waals surface area contributed by atoms with Gasteiger partial charge in [-0.2, -0.15) is 0 Å². The smallest absolute Gasteiger partial charge is 0.137 e. The number of hydrogen-bond donors (Lipinski definition) is 0. The molecule has 2 rings (SSSR count). The van der Waals surface area contributed by atoms with E-state index < -0.39 is 0 Å². The highest BCUT2D eigenvalue weighted by Gasteiger charge is 2.05. The quantitative estimate of drug-likeness (QED) is 0.771. The molecular weight excluding hydrogens is 247 g/mol. The zero-order chi connectivity index (χ0) is 11.5. The van der Waals surface area contributed by atoms with E-state index in [0.717, 1.165) is 11.3 Å². The highest BCUT2D eigenvalue weighted by Crippen LogP contribution is 2.29. The van der Waals surface area contributed by atoms with Crippen LogP contribution in [-0.4, -0.2) is 17.1 Å². The zero-order valence-corrected chi connectivity index (χ0v) is 9.96. The lowest BCUT2D eigenvalue weighted by atomic mass is 10.1. The van der Waals surface area contributed by atoms with Gasteiger partial charge in [0, 0.05) is 11.6 Å². The molecule has 16 heavy (non-hydrogen) atoms. The van der Waals surface area contributed by atoms with E-state index in [1.54, 1.807) is 25.3 Å². The molecule has 0 radical (unpaired) electrons. The molecule has 2 aromatic rings. The molecule has 0 aliphatic carbocycles. The molecule has 0 atom stereocenters. The molecule has 0 aliphatic rings. The van der Waals surface area contributed by atoms with Crippen molar-refractivity contribution in [3.05, 3.63) is 40.8 Å². The Morgan fingerprint density at radius 2 is 1.94 bits per heavy atom. The minimum atomic E-state index is 0.400. The Hall–Kier alpha value is -1.32. The normalized spacial score (nSPS) is 10.2. The van der Waals surface area contributed by atoms with Crippen LogP contribution in [0.1, 0.15) is 0 Å². The molecule has 82 valence electrons. The number of hydrogen-bond acceptors (Lipinski definition) is 3. The average molecular weight is 255 g/mol. The third-order valence-corrected chi connectivity index (χ3v) is 2.58. The Labute approximate surface area is 103 Å². The van der Waals surface area contributed by atoms with E-state index in [1.807, 2.05) is 6.07 Å². The van der Waals surface area contributed by atoms with Gasteiger partial charge < -0.3 is 4.74 Å². The number of halogens is 2. The summed E-state index contributed by atoms with van der Waals surface area (Å²) in [6.45, 7) is 0. The number of aromatic nitrogens is 2. The van der Waals surface area contributed by atoms with Gasteiger partial charge in [0.05, 0.1) is 17.8 Å². The van der Waals surface area contributed by atoms with Crippen LogP contribution in [0.4, 0.5) is 0 Å². The van der Waals surface area contributed by atoms with E-state index in [2.05, 4.69) is 9.97 Å². The van der Waals surface area contributed by atoms with E-state index in [0.29, 0.717) is 15.9 Å². The molecule has 0 aliphatic heterocycles. The number of nitrogens with zero attached hydrogens (tertiary/aromatic N) is 2. The maximum absolute atomic E-state index is 6.02. The van der Waals surface area contributed by atoms with Gasteiger partial charge in [0.2, 0.25) is 0 Å². The summed E-state index contributed by atoms with van der Waals surface area (Å²) in [5.74, 6) is 0.630. The maximum atomic E-state index is 6.02. The average Bonchev–Trinajstić information content (AvgIpc) is 2.29. The molecule has 0 unspecified atom stereocenters. The van der Waals surface area contributed by atoms with Crippen molar-refractivity contribution in [2.24, 2.45) is 0 Å². The maximum Gasteiger partial charge on any atom is 0.137 e. The molecule has 5 heteroatoms. The van der Waals surface area contributed by atoms with Crippen molar-refractivity contribution < 1.29 is 4.74 Å². The Balaban J connectivity index is 2.45. The summed E-state index contributed by atoms with van der Waals surface area (Å²) < 4.78 is 5.07.